The van der Waals surface area contributed by atoms with Crippen molar-refractivity contribution in [2.24, 2.45) is 0 Å². The van der Waals surface area contributed by atoms with Crippen LogP contribution >= 0.6 is 11.8 Å². The Morgan fingerprint density at radius 2 is 1.93 bits per heavy atom. The Bertz CT molecular complexity index is 404. The molecule has 1 aromatic rings. The second-order valence-corrected chi connectivity index (χ2v) is 6.43. The Labute approximate surface area is 94.7 Å². The van der Waals surface area contributed by atoms with Crippen molar-refractivity contribution in [3.8, 4) is 0 Å². The maximum atomic E-state index is 11.5. The number of aryl methyl sites for hydroxylation is 1. The summed E-state index contributed by atoms with van der Waals surface area (Å²) in [4.78, 5) is 18.6. The number of rotatable bonds is 2. The second kappa shape index (κ2) is 4.39. The second-order valence-electron chi connectivity index (χ2n) is 4.62. The summed E-state index contributed by atoms with van der Waals surface area (Å²) in [7, 11) is 0. The molecule has 1 N–H and O–H groups in total. The van der Waals surface area contributed by atoms with Crippen molar-refractivity contribution in [3.05, 3.63) is 27.4 Å². The van der Waals surface area contributed by atoms with Gasteiger partial charge in [-0.1, -0.05) is 20.8 Å². The van der Waals surface area contributed by atoms with Crippen LogP contribution in [0.2, 0.25) is 0 Å². The largest absolute Gasteiger partial charge is 0.310 e. The third kappa shape index (κ3) is 3.70. The monoisotopic (exact) mass is 226 g/mol. The van der Waals surface area contributed by atoms with E-state index in [1.54, 1.807) is 18.7 Å². The zero-order valence-electron chi connectivity index (χ0n) is 9.97. The summed E-state index contributed by atoms with van der Waals surface area (Å²) in [5, 5.41) is 0. The van der Waals surface area contributed by atoms with E-state index in [0.29, 0.717) is 5.56 Å². The summed E-state index contributed by atoms with van der Waals surface area (Å²) >= 11 is 1.78. The van der Waals surface area contributed by atoms with Gasteiger partial charge in [0.25, 0.3) is 5.56 Å². The molecule has 1 rings (SSSR count). The minimum atomic E-state index is -0.0213. The molecule has 0 aliphatic heterocycles. The Balaban J connectivity index is 2.84. The number of hydrogen-bond donors (Lipinski definition) is 1. The maximum absolute atomic E-state index is 11.5. The van der Waals surface area contributed by atoms with Gasteiger partial charge in [-0.15, -0.1) is 11.8 Å². The summed E-state index contributed by atoms with van der Waals surface area (Å²) in [5.74, 6) is 1.52. The molecule has 0 radical (unpaired) electrons. The first-order valence-electron chi connectivity index (χ1n) is 5.00. The van der Waals surface area contributed by atoms with Crippen LogP contribution in [-0.2, 0) is 5.75 Å². The van der Waals surface area contributed by atoms with Crippen molar-refractivity contribution < 1.29 is 0 Å². The SMILES string of the molecule is Cc1nc(CSC(C)(C)C)[nH]c(=O)c1C. The minimum Gasteiger partial charge on any atom is -0.310 e. The highest BCUT2D eigenvalue weighted by atomic mass is 32.2. The average molecular weight is 226 g/mol. The summed E-state index contributed by atoms with van der Waals surface area (Å²) in [6, 6.07) is 0. The van der Waals surface area contributed by atoms with Gasteiger partial charge < -0.3 is 4.98 Å². The highest BCUT2D eigenvalue weighted by Crippen LogP contribution is 2.25. The lowest BCUT2D eigenvalue weighted by Crippen LogP contribution is -2.17. The molecule has 0 aliphatic rings. The molecule has 0 aliphatic carbocycles. The number of aromatic amines is 1. The third-order valence-corrected chi connectivity index (χ3v) is 3.37. The molecule has 3 nitrogen and oxygen atoms in total. The van der Waals surface area contributed by atoms with E-state index in [0.717, 1.165) is 17.3 Å². The molecule has 0 amide bonds. The van der Waals surface area contributed by atoms with Crippen LogP contribution in [0.1, 0.15) is 37.9 Å². The molecule has 4 heteroatoms. The van der Waals surface area contributed by atoms with Crippen molar-refractivity contribution in [1.82, 2.24) is 9.97 Å². The van der Waals surface area contributed by atoms with Gasteiger partial charge >= 0.3 is 0 Å². The van der Waals surface area contributed by atoms with Crippen molar-refractivity contribution >= 4 is 11.8 Å². The van der Waals surface area contributed by atoms with Crippen LogP contribution in [0, 0.1) is 13.8 Å². The molecule has 0 atom stereocenters. The molecule has 84 valence electrons. The summed E-state index contributed by atoms with van der Waals surface area (Å²) in [6.07, 6.45) is 0. The lowest BCUT2D eigenvalue weighted by molar-refractivity contribution is 0.798. The van der Waals surface area contributed by atoms with Crippen molar-refractivity contribution in [2.75, 3.05) is 0 Å². The standard InChI is InChI=1S/C11H18N2OS/c1-7-8(2)12-9(13-10(7)14)6-15-11(3,4)5/h6H2,1-5H3,(H,12,13,14). The Morgan fingerprint density at radius 1 is 1.33 bits per heavy atom. The van der Waals surface area contributed by atoms with E-state index in [9.17, 15) is 4.79 Å². The number of hydrogen-bond acceptors (Lipinski definition) is 3. The Hall–Kier alpha value is -0.770. The predicted octanol–water partition coefficient (Wildman–Crippen LogP) is 2.42. The third-order valence-electron chi connectivity index (χ3n) is 2.09. The minimum absolute atomic E-state index is 0.0213. The van der Waals surface area contributed by atoms with Gasteiger partial charge in [-0.3, -0.25) is 4.79 Å². The fourth-order valence-corrected chi connectivity index (χ4v) is 1.76. The van der Waals surface area contributed by atoms with Crippen LogP contribution in [0.25, 0.3) is 0 Å². The smallest absolute Gasteiger partial charge is 0.254 e. The topological polar surface area (TPSA) is 45.8 Å². The molecule has 0 spiro atoms. The number of H-pyrrole nitrogens is 1. The van der Waals surface area contributed by atoms with Crippen LogP contribution in [0.15, 0.2) is 4.79 Å². The fraction of sp³-hybridized carbons (Fsp3) is 0.636. The summed E-state index contributed by atoms with van der Waals surface area (Å²) < 4.78 is 0.192. The number of aromatic nitrogens is 2. The van der Waals surface area contributed by atoms with Gasteiger partial charge in [0.15, 0.2) is 0 Å². The van der Waals surface area contributed by atoms with Crippen LogP contribution in [-0.4, -0.2) is 14.7 Å². The predicted molar refractivity (Wildman–Crippen MR) is 65.4 cm³/mol. The lowest BCUT2D eigenvalue weighted by atomic mass is 10.3. The molecule has 15 heavy (non-hydrogen) atoms. The van der Waals surface area contributed by atoms with Gasteiger partial charge in [0.05, 0.1) is 5.75 Å². The van der Waals surface area contributed by atoms with Gasteiger partial charge in [0.2, 0.25) is 0 Å². The Kier molecular flexibility index (Phi) is 3.60. The first-order chi connectivity index (χ1) is 6.79. The molecule has 0 saturated carbocycles. The van der Waals surface area contributed by atoms with E-state index >= 15 is 0 Å². The van der Waals surface area contributed by atoms with Crippen molar-refractivity contribution in [3.63, 3.8) is 0 Å². The van der Waals surface area contributed by atoms with Gasteiger partial charge in [0.1, 0.15) is 5.82 Å². The van der Waals surface area contributed by atoms with E-state index in [1.807, 2.05) is 6.92 Å². The van der Waals surface area contributed by atoms with Crippen molar-refractivity contribution in [2.45, 2.75) is 45.1 Å². The normalized spacial score (nSPS) is 11.8. The van der Waals surface area contributed by atoms with Gasteiger partial charge in [0, 0.05) is 16.0 Å². The van der Waals surface area contributed by atoms with Crippen LogP contribution in [0.5, 0.6) is 0 Å². The number of nitrogens with zero attached hydrogens (tertiary/aromatic N) is 1. The lowest BCUT2D eigenvalue weighted by Gasteiger charge is -2.17. The zero-order chi connectivity index (χ0) is 11.6. The molecule has 0 aromatic carbocycles. The van der Waals surface area contributed by atoms with Crippen LogP contribution in [0.3, 0.4) is 0 Å². The van der Waals surface area contributed by atoms with Crippen LogP contribution in [0.4, 0.5) is 0 Å². The fourth-order valence-electron chi connectivity index (χ4n) is 1.06. The van der Waals surface area contributed by atoms with Gasteiger partial charge in [-0.25, -0.2) is 4.98 Å². The van der Waals surface area contributed by atoms with E-state index in [1.165, 1.54) is 0 Å². The average Bonchev–Trinajstić information content (AvgIpc) is 2.09. The number of thioether (sulfide) groups is 1. The van der Waals surface area contributed by atoms with E-state index in [-0.39, 0.29) is 10.3 Å². The van der Waals surface area contributed by atoms with Gasteiger partial charge in [-0.2, -0.15) is 0 Å². The van der Waals surface area contributed by atoms with E-state index in [2.05, 4.69) is 30.7 Å². The molecule has 1 heterocycles. The first kappa shape index (κ1) is 12.3. The highest BCUT2D eigenvalue weighted by Gasteiger charge is 2.12. The first-order valence-corrected chi connectivity index (χ1v) is 5.98. The summed E-state index contributed by atoms with van der Waals surface area (Å²) in [5.41, 5.74) is 1.51. The summed E-state index contributed by atoms with van der Waals surface area (Å²) in [6.45, 7) is 10.1. The van der Waals surface area contributed by atoms with Crippen LogP contribution < -0.4 is 5.56 Å². The number of nitrogens with one attached hydrogen (secondary N) is 1. The molecular weight excluding hydrogens is 208 g/mol. The highest BCUT2D eigenvalue weighted by molar-refractivity contribution is 7.99. The quantitative estimate of drug-likeness (QED) is 0.842. The van der Waals surface area contributed by atoms with E-state index < -0.39 is 0 Å². The molecule has 0 bridgehead atoms. The Morgan fingerprint density at radius 3 is 2.40 bits per heavy atom. The molecular formula is C11H18N2OS. The van der Waals surface area contributed by atoms with E-state index in [4.69, 9.17) is 0 Å². The van der Waals surface area contributed by atoms with Gasteiger partial charge in [-0.05, 0) is 13.8 Å². The molecule has 0 unspecified atom stereocenters. The molecule has 0 fully saturated rings. The maximum Gasteiger partial charge on any atom is 0.254 e. The zero-order valence-corrected chi connectivity index (χ0v) is 10.8. The molecule has 0 saturated heterocycles. The van der Waals surface area contributed by atoms with Crippen molar-refractivity contribution in [1.29, 1.82) is 0 Å². The molecule has 1 aromatic heterocycles.